The summed E-state index contributed by atoms with van der Waals surface area (Å²) in [4.78, 5) is 13.9. The van der Waals surface area contributed by atoms with Crippen molar-refractivity contribution in [2.45, 2.75) is 13.8 Å². The number of nitrogen functional groups attached to an aromatic ring is 1. The predicted molar refractivity (Wildman–Crippen MR) is 81.7 cm³/mol. The average Bonchev–Trinajstić information content (AvgIpc) is 2.34. The molecular formula is C15H25N3O2. The second kappa shape index (κ2) is 7.14. The monoisotopic (exact) mass is 279 g/mol. The van der Waals surface area contributed by atoms with Crippen molar-refractivity contribution in [2.24, 2.45) is 5.41 Å². The highest BCUT2D eigenvalue weighted by Crippen LogP contribution is 2.19. The molecule has 112 valence electrons. The Morgan fingerprint density at radius 1 is 1.35 bits per heavy atom. The number of anilines is 1. The van der Waals surface area contributed by atoms with Crippen molar-refractivity contribution in [3.8, 4) is 5.75 Å². The molecule has 0 aliphatic carbocycles. The summed E-state index contributed by atoms with van der Waals surface area (Å²) in [7, 11) is 4.04. The van der Waals surface area contributed by atoms with E-state index in [2.05, 4.69) is 24.1 Å². The molecule has 0 aliphatic rings. The Hall–Kier alpha value is -1.75. The summed E-state index contributed by atoms with van der Waals surface area (Å²) in [6.45, 7) is 5.72. The number of rotatable bonds is 7. The van der Waals surface area contributed by atoms with Gasteiger partial charge in [-0.05, 0) is 31.6 Å². The first-order valence-electron chi connectivity index (χ1n) is 6.69. The molecule has 0 atom stereocenters. The van der Waals surface area contributed by atoms with Gasteiger partial charge in [0.2, 0.25) is 0 Å². The van der Waals surface area contributed by atoms with E-state index in [0.29, 0.717) is 18.0 Å². The number of nitrogens with two attached hydrogens (primary N) is 1. The van der Waals surface area contributed by atoms with E-state index in [-0.39, 0.29) is 17.9 Å². The Labute approximate surface area is 121 Å². The molecule has 0 bridgehead atoms. The van der Waals surface area contributed by atoms with Crippen LogP contribution in [-0.2, 0) is 4.79 Å². The number of ether oxygens (including phenoxy) is 1. The van der Waals surface area contributed by atoms with Gasteiger partial charge in [-0.3, -0.25) is 4.79 Å². The summed E-state index contributed by atoms with van der Waals surface area (Å²) >= 11 is 0. The number of amides is 1. The maximum Gasteiger partial charge on any atom is 0.257 e. The average molecular weight is 279 g/mol. The SMILES string of the molecule is CN(C)CC(C)(C)CNC(=O)COc1ccccc1N. The standard InChI is InChI=1S/C15H25N3O2/c1-15(2,11-18(3)4)10-17-14(19)9-20-13-8-6-5-7-12(13)16/h5-8H,9-11,16H2,1-4H3,(H,17,19). The van der Waals surface area contributed by atoms with Gasteiger partial charge in [0.1, 0.15) is 5.75 Å². The van der Waals surface area contributed by atoms with Crippen molar-refractivity contribution in [2.75, 3.05) is 39.5 Å². The summed E-state index contributed by atoms with van der Waals surface area (Å²) in [5, 5.41) is 2.89. The molecule has 1 amide bonds. The number of nitrogens with one attached hydrogen (secondary N) is 1. The fourth-order valence-electron chi connectivity index (χ4n) is 2.06. The van der Waals surface area contributed by atoms with Crippen LogP contribution >= 0.6 is 0 Å². The number of para-hydroxylation sites is 2. The number of carbonyl (C=O) groups is 1. The van der Waals surface area contributed by atoms with Crippen LogP contribution in [0, 0.1) is 5.41 Å². The molecule has 0 aliphatic heterocycles. The lowest BCUT2D eigenvalue weighted by Gasteiger charge is -2.28. The normalized spacial score (nSPS) is 11.4. The Morgan fingerprint density at radius 2 is 2.00 bits per heavy atom. The van der Waals surface area contributed by atoms with Crippen LogP contribution in [0.1, 0.15) is 13.8 Å². The van der Waals surface area contributed by atoms with Crippen LogP contribution in [0.25, 0.3) is 0 Å². The van der Waals surface area contributed by atoms with Gasteiger partial charge in [-0.15, -0.1) is 0 Å². The lowest BCUT2D eigenvalue weighted by atomic mass is 9.93. The Kier molecular flexibility index (Phi) is 5.82. The molecule has 0 aromatic heterocycles. The zero-order valence-corrected chi connectivity index (χ0v) is 12.8. The smallest absolute Gasteiger partial charge is 0.257 e. The maximum absolute atomic E-state index is 11.8. The van der Waals surface area contributed by atoms with Gasteiger partial charge in [0.05, 0.1) is 5.69 Å². The van der Waals surface area contributed by atoms with Gasteiger partial charge in [0, 0.05) is 13.1 Å². The third-order valence-electron chi connectivity index (χ3n) is 2.79. The van der Waals surface area contributed by atoms with Crippen LogP contribution in [0.2, 0.25) is 0 Å². The van der Waals surface area contributed by atoms with Crippen LogP contribution in [-0.4, -0.2) is 44.6 Å². The maximum atomic E-state index is 11.8. The van der Waals surface area contributed by atoms with Crippen molar-refractivity contribution in [3.05, 3.63) is 24.3 Å². The number of benzene rings is 1. The highest BCUT2D eigenvalue weighted by Gasteiger charge is 2.19. The van der Waals surface area contributed by atoms with E-state index in [4.69, 9.17) is 10.5 Å². The number of hydrogen-bond donors (Lipinski definition) is 2. The quantitative estimate of drug-likeness (QED) is 0.739. The van der Waals surface area contributed by atoms with E-state index < -0.39 is 0 Å². The zero-order chi connectivity index (χ0) is 15.2. The third-order valence-corrected chi connectivity index (χ3v) is 2.79. The molecule has 1 aromatic rings. The molecule has 1 rings (SSSR count). The molecule has 0 saturated carbocycles. The molecule has 0 heterocycles. The highest BCUT2D eigenvalue weighted by atomic mass is 16.5. The molecule has 0 unspecified atom stereocenters. The van der Waals surface area contributed by atoms with Crippen LogP contribution in [0.15, 0.2) is 24.3 Å². The van der Waals surface area contributed by atoms with Crippen LogP contribution in [0.4, 0.5) is 5.69 Å². The van der Waals surface area contributed by atoms with Gasteiger partial charge in [-0.2, -0.15) is 0 Å². The van der Waals surface area contributed by atoms with E-state index in [0.717, 1.165) is 6.54 Å². The summed E-state index contributed by atoms with van der Waals surface area (Å²) in [5.41, 5.74) is 6.30. The molecule has 0 fully saturated rings. The van der Waals surface area contributed by atoms with Gasteiger partial charge >= 0.3 is 0 Å². The van der Waals surface area contributed by atoms with Crippen LogP contribution in [0.5, 0.6) is 5.75 Å². The van der Waals surface area contributed by atoms with E-state index in [9.17, 15) is 4.79 Å². The van der Waals surface area contributed by atoms with Crippen molar-refractivity contribution >= 4 is 11.6 Å². The predicted octanol–water partition coefficient (Wildman–Crippen LogP) is 1.35. The molecule has 5 nitrogen and oxygen atoms in total. The minimum Gasteiger partial charge on any atom is -0.482 e. The molecule has 0 radical (unpaired) electrons. The highest BCUT2D eigenvalue weighted by molar-refractivity contribution is 5.77. The summed E-state index contributed by atoms with van der Waals surface area (Å²) < 4.78 is 5.40. The van der Waals surface area contributed by atoms with E-state index in [1.807, 2.05) is 26.2 Å². The Bertz CT molecular complexity index is 444. The van der Waals surface area contributed by atoms with Gasteiger partial charge in [-0.25, -0.2) is 0 Å². The number of carbonyl (C=O) groups excluding carboxylic acids is 1. The van der Waals surface area contributed by atoms with Gasteiger partial charge < -0.3 is 20.7 Å². The Morgan fingerprint density at radius 3 is 2.60 bits per heavy atom. The Balaban J connectivity index is 2.36. The fraction of sp³-hybridized carbons (Fsp3) is 0.533. The van der Waals surface area contributed by atoms with Crippen molar-refractivity contribution in [3.63, 3.8) is 0 Å². The van der Waals surface area contributed by atoms with Crippen molar-refractivity contribution in [1.82, 2.24) is 10.2 Å². The van der Waals surface area contributed by atoms with E-state index in [1.54, 1.807) is 12.1 Å². The minimum absolute atomic E-state index is 0.0188. The third kappa shape index (κ3) is 5.93. The molecule has 0 saturated heterocycles. The first-order chi connectivity index (χ1) is 9.30. The second-order valence-electron chi connectivity index (χ2n) is 6.01. The fourth-order valence-corrected chi connectivity index (χ4v) is 2.06. The molecule has 20 heavy (non-hydrogen) atoms. The van der Waals surface area contributed by atoms with Crippen molar-refractivity contribution in [1.29, 1.82) is 0 Å². The van der Waals surface area contributed by atoms with Gasteiger partial charge in [-0.1, -0.05) is 26.0 Å². The first kappa shape index (κ1) is 16.3. The first-order valence-corrected chi connectivity index (χ1v) is 6.69. The second-order valence-corrected chi connectivity index (χ2v) is 6.01. The largest absolute Gasteiger partial charge is 0.482 e. The molecule has 0 spiro atoms. The van der Waals surface area contributed by atoms with Crippen molar-refractivity contribution < 1.29 is 9.53 Å². The lowest BCUT2D eigenvalue weighted by molar-refractivity contribution is -0.123. The molecular weight excluding hydrogens is 254 g/mol. The molecule has 1 aromatic carbocycles. The van der Waals surface area contributed by atoms with E-state index >= 15 is 0 Å². The zero-order valence-electron chi connectivity index (χ0n) is 12.8. The number of nitrogens with zero attached hydrogens (tertiary/aromatic N) is 1. The topological polar surface area (TPSA) is 67.6 Å². The van der Waals surface area contributed by atoms with Gasteiger partial charge in [0.15, 0.2) is 6.61 Å². The van der Waals surface area contributed by atoms with Crippen LogP contribution < -0.4 is 15.8 Å². The van der Waals surface area contributed by atoms with Gasteiger partial charge in [0.25, 0.3) is 5.91 Å². The lowest BCUT2D eigenvalue weighted by Crippen LogP contribution is -2.41. The summed E-state index contributed by atoms with van der Waals surface area (Å²) in [6, 6.07) is 7.14. The molecule has 3 N–H and O–H groups in total. The number of hydrogen-bond acceptors (Lipinski definition) is 4. The van der Waals surface area contributed by atoms with Crippen LogP contribution in [0.3, 0.4) is 0 Å². The van der Waals surface area contributed by atoms with E-state index in [1.165, 1.54) is 0 Å². The molecule has 5 heteroatoms. The minimum atomic E-state index is -0.139. The summed E-state index contributed by atoms with van der Waals surface area (Å²) in [5.74, 6) is 0.398. The summed E-state index contributed by atoms with van der Waals surface area (Å²) in [6.07, 6.45) is 0.